The van der Waals surface area contributed by atoms with Gasteiger partial charge in [0.15, 0.2) is 0 Å². The zero-order chi connectivity index (χ0) is 12.0. The Labute approximate surface area is 94.8 Å². The first-order chi connectivity index (χ1) is 7.59. The van der Waals surface area contributed by atoms with Crippen molar-refractivity contribution in [2.45, 2.75) is 6.42 Å². The molecular formula is C10H18N2O4. The maximum absolute atomic E-state index is 11.7. The smallest absolute Gasteiger partial charge is 0.304 e. The summed E-state index contributed by atoms with van der Waals surface area (Å²) in [6, 6.07) is 0. The number of morpholine rings is 1. The van der Waals surface area contributed by atoms with Gasteiger partial charge in [-0.3, -0.25) is 14.5 Å². The third-order valence-corrected chi connectivity index (χ3v) is 2.48. The number of ether oxygens (including phenoxy) is 1. The van der Waals surface area contributed by atoms with Crippen molar-refractivity contribution in [1.82, 2.24) is 9.80 Å². The minimum Gasteiger partial charge on any atom is -0.481 e. The number of nitrogens with zero attached hydrogens (tertiary/aromatic N) is 2. The van der Waals surface area contributed by atoms with Gasteiger partial charge in [0.2, 0.25) is 5.91 Å². The van der Waals surface area contributed by atoms with Gasteiger partial charge in [-0.05, 0) is 7.05 Å². The first-order valence-electron chi connectivity index (χ1n) is 5.35. The van der Waals surface area contributed by atoms with E-state index in [1.807, 2.05) is 0 Å². The summed E-state index contributed by atoms with van der Waals surface area (Å²) in [5.41, 5.74) is 0. The highest BCUT2D eigenvalue weighted by Crippen LogP contribution is 1.99. The van der Waals surface area contributed by atoms with Crippen LogP contribution in [-0.2, 0) is 14.3 Å². The molecule has 0 aliphatic carbocycles. The third kappa shape index (κ3) is 4.59. The van der Waals surface area contributed by atoms with E-state index in [0.29, 0.717) is 32.8 Å². The largest absolute Gasteiger partial charge is 0.481 e. The molecule has 1 rings (SSSR count). The monoisotopic (exact) mass is 230 g/mol. The zero-order valence-electron chi connectivity index (χ0n) is 9.52. The molecule has 0 unspecified atom stereocenters. The lowest BCUT2D eigenvalue weighted by Gasteiger charge is -2.28. The molecule has 0 bridgehead atoms. The van der Waals surface area contributed by atoms with E-state index in [-0.39, 0.29) is 18.9 Å². The summed E-state index contributed by atoms with van der Waals surface area (Å²) in [4.78, 5) is 25.6. The second-order valence-electron chi connectivity index (χ2n) is 3.87. The molecular weight excluding hydrogens is 212 g/mol. The molecule has 0 saturated carbocycles. The normalized spacial score (nSPS) is 16.5. The summed E-state index contributed by atoms with van der Waals surface area (Å²) >= 11 is 0. The van der Waals surface area contributed by atoms with Crippen molar-refractivity contribution in [3.8, 4) is 0 Å². The van der Waals surface area contributed by atoms with Crippen LogP contribution in [0, 0.1) is 0 Å². The Balaban J connectivity index is 2.23. The SMILES string of the molecule is CN(CCC(=O)O)CC(=O)N1CCOCC1. The van der Waals surface area contributed by atoms with Crippen molar-refractivity contribution in [3.05, 3.63) is 0 Å². The maximum atomic E-state index is 11.7. The maximum Gasteiger partial charge on any atom is 0.304 e. The van der Waals surface area contributed by atoms with E-state index in [2.05, 4.69) is 0 Å². The Bertz CT molecular complexity index is 251. The highest BCUT2D eigenvalue weighted by molar-refractivity contribution is 5.78. The summed E-state index contributed by atoms with van der Waals surface area (Å²) in [5.74, 6) is -0.804. The van der Waals surface area contributed by atoms with Crippen LogP contribution in [0.1, 0.15) is 6.42 Å². The number of rotatable bonds is 5. The fourth-order valence-electron chi connectivity index (χ4n) is 1.51. The molecule has 92 valence electrons. The third-order valence-electron chi connectivity index (χ3n) is 2.48. The predicted molar refractivity (Wildman–Crippen MR) is 57.1 cm³/mol. The Morgan fingerprint density at radius 2 is 2.00 bits per heavy atom. The molecule has 1 heterocycles. The first-order valence-corrected chi connectivity index (χ1v) is 5.35. The van der Waals surface area contributed by atoms with E-state index in [1.54, 1.807) is 16.8 Å². The first kappa shape index (κ1) is 12.9. The number of likely N-dealkylation sites (N-methyl/N-ethyl adjacent to an activating group) is 1. The van der Waals surface area contributed by atoms with E-state index < -0.39 is 5.97 Å². The molecule has 0 aromatic carbocycles. The van der Waals surface area contributed by atoms with Crippen LogP contribution in [0.2, 0.25) is 0 Å². The molecule has 1 saturated heterocycles. The van der Waals surface area contributed by atoms with Crippen LogP contribution >= 0.6 is 0 Å². The molecule has 1 N–H and O–H groups in total. The number of amides is 1. The van der Waals surface area contributed by atoms with Gasteiger partial charge in [-0.1, -0.05) is 0 Å². The number of carbonyl (C=O) groups excluding carboxylic acids is 1. The number of carbonyl (C=O) groups is 2. The number of hydrogen-bond donors (Lipinski definition) is 1. The van der Waals surface area contributed by atoms with Gasteiger partial charge >= 0.3 is 5.97 Å². The van der Waals surface area contributed by atoms with E-state index in [1.165, 1.54) is 0 Å². The molecule has 0 radical (unpaired) electrons. The quantitative estimate of drug-likeness (QED) is 0.673. The van der Waals surface area contributed by atoms with Crippen LogP contribution in [-0.4, -0.2) is 73.2 Å². The van der Waals surface area contributed by atoms with Gasteiger partial charge in [-0.15, -0.1) is 0 Å². The van der Waals surface area contributed by atoms with Crippen LogP contribution in [0.25, 0.3) is 0 Å². The summed E-state index contributed by atoms with van der Waals surface area (Å²) in [7, 11) is 1.75. The number of aliphatic carboxylic acids is 1. The van der Waals surface area contributed by atoms with Crippen molar-refractivity contribution in [1.29, 1.82) is 0 Å². The second-order valence-corrected chi connectivity index (χ2v) is 3.87. The molecule has 0 aromatic rings. The van der Waals surface area contributed by atoms with Crippen LogP contribution in [0.4, 0.5) is 0 Å². The van der Waals surface area contributed by atoms with E-state index in [0.717, 1.165) is 0 Å². The van der Waals surface area contributed by atoms with Crippen LogP contribution in [0.15, 0.2) is 0 Å². The highest BCUT2D eigenvalue weighted by atomic mass is 16.5. The molecule has 6 heteroatoms. The van der Waals surface area contributed by atoms with Crippen molar-refractivity contribution in [2.24, 2.45) is 0 Å². The molecule has 0 aromatic heterocycles. The molecule has 6 nitrogen and oxygen atoms in total. The second kappa shape index (κ2) is 6.44. The van der Waals surface area contributed by atoms with Crippen LogP contribution in [0.5, 0.6) is 0 Å². The van der Waals surface area contributed by atoms with Gasteiger partial charge < -0.3 is 14.7 Å². The average Bonchev–Trinajstić information content (AvgIpc) is 2.27. The number of carboxylic acid groups (broad SMARTS) is 1. The number of carboxylic acids is 1. The van der Waals surface area contributed by atoms with Gasteiger partial charge in [0.05, 0.1) is 26.2 Å². The standard InChI is InChI=1S/C10H18N2O4/c1-11(3-2-10(14)15)8-9(13)12-4-6-16-7-5-12/h2-8H2,1H3,(H,14,15). The van der Waals surface area contributed by atoms with E-state index in [4.69, 9.17) is 9.84 Å². The number of hydrogen-bond acceptors (Lipinski definition) is 4. The Hall–Kier alpha value is -1.14. The fourth-order valence-corrected chi connectivity index (χ4v) is 1.51. The Morgan fingerprint density at radius 1 is 1.38 bits per heavy atom. The van der Waals surface area contributed by atoms with Gasteiger partial charge in [0.25, 0.3) is 0 Å². The van der Waals surface area contributed by atoms with Crippen LogP contribution in [0.3, 0.4) is 0 Å². The predicted octanol–water partition coefficient (Wildman–Crippen LogP) is -0.748. The minimum absolute atomic E-state index is 0.0381. The van der Waals surface area contributed by atoms with E-state index in [9.17, 15) is 9.59 Å². The summed E-state index contributed by atoms with van der Waals surface area (Å²) in [6.45, 7) is 3.10. The Kier molecular flexibility index (Phi) is 5.21. The van der Waals surface area contributed by atoms with Gasteiger partial charge in [0.1, 0.15) is 0 Å². The molecule has 0 atom stereocenters. The van der Waals surface area contributed by atoms with Crippen molar-refractivity contribution in [2.75, 3.05) is 46.4 Å². The van der Waals surface area contributed by atoms with Crippen molar-refractivity contribution in [3.63, 3.8) is 0 Å². The highest BCUT2D eigenvalue weighted by Gasteiger charge is 2.18. The zero-order valence-corrected chi connectivity index (χ0v) is 9.52. The fraction of sp³-hybridized carbons (Fsp3) is 0.800. The summed E-state index contributed by atoms with van der Waals surface area (Å²) < 4.78 is 5.15. The lowest BCUT2D eigenvalue weighted by Crippen LogP contribution is -2.45. The summed E-state index contributed by atoms with van der Waals surface area (Å²) in [5, 5.41) is 8.51. The topological polar surface area (TPSA) is 70.1 Å². The average molecular weight is 230 g/mol. The molecule has 0 spiro atoms. The molecule has 1 fully saturated rings. The molecule has 16 heavy (non-hydrogen) atoms. The minimum atomic E-state index is -0.842. The van der Waals surface area contributed by atoms with Gasteiger partial charge in [0, 0.05) is 19.6 Å². The van der Waals surface area contributed by atoms with Crippen molar-refractivity contribution < 1.29 is 19.4 Å². The Morgan fingerprint density at radius 3 is 2.56 bits per heavy atom. The van der Waals surface area contributed by atoms with Gasteiger partial charge in [-0.2, -0.15) is 0 Å². The molecule has 1 aliphatic heterocycles. The summed E-state index contributed by atoms with van der Waals surface area (Å²) in [6.07, 6.45) is 0.0624. The van der Waals surface area contributed by atoms with Crippen LogP contribution < -0.4 is 0 Å². The lowest BCUT2D eigenvalue weighted by molar-refractivity contribution is -0.139. The lowest BCUT2D eigenvalue weighted by atomic mass is 10.3. The van der Waals surface area contributed by atoms with E-state index >= 15 is 0 Å². The molecule has 1 amide bonds. The van der Waals surface area contributed by atoms with Crippen molar-refractivity contribution >= 4 is 11.9 Å². The van der Waals surface area contributed by atoms with Gasteiger partial charge in [-0.25, -0.2) is 0 Å². The molecule has 1 aliphatic rings.